The molecule has 5 rings (SSSR count). The SMILES string of the molecule is O=C(CN1CCN(c2ccc3c(c2)OCO3)CC1)C1CCc2ccccc21. The van der Waals surface area contributed by atoms with Crippen molar-refractivity contribution in [1.82, 2.24) is 4.90 Å². The van der Waals surface area contributed by atoms with Gasteiger partial charge in [-0.25, -0.2) is 0 Å². The van der Waals surface area contributed by atoms with Crippen LogP contribution in [-0.2, 0) is 11.2 Å². The molecule has 0 aromatic heterocycles. The van der Waals surface area contributed by atoms with Crippen LogP contribution in [0.2, 0.25) is 0 Å². The summed E-state index contributed by atoms with van der Waals surface area (Å²) in [4.78, 5) is 17.5. The lowest BCUT2D eigenvalue weighted by molar-refractivity contribution is -0.121. The molecule has 1 atom stereocenters. The molecule has 5 nitrogen and oxygen atoms in total. The monoisotopic (exact) mass is 364 g/mol. The summed E-state index contributed by atoms with van der Waals surface area (Å²) in [7, 11) is 0. The van der Waals surface area contributed by atoms with Crippen LogP contribution in [-0.4, -0.2) is 50.2 Å². The average molecular weight is 364 g/mol. The van der Waals surface area contributed by atoms with E-state index in [9.17, 15) is 4.79 Å². The molecular formula is C22H24N2O3. The van der Waals surface area contributed by atoms with E-state index in [-0.39, 0.29) is 5.92 Å². The molecule has 2 aliphatic heterocycles. The van der Waals surface area contributed by atoms with Crippen molar-refractivity contribution in [1.29, 1.82) is 0 Å². The maximum Gasteiger partial charge on any atom is 0.231 e. The van der Waals surface area contributed by atoms with Gasteiger partial charge in [0.2, 0.25) is 6.79 Å². The highest BCUT2D eigenvalue weighted by Crippen LogP contribution is 2.36. The van der Waals surface area contributed by atoms with Gasteiger partial charge in [-0.05, 0) is 36.1 Å². The predicted octanol–water partition coefficient (Wildman–Crippen LogP) is 2.84. The fraction of sp³-hybridized carbons (Fsp3) is 0.409. The minimum Gasteiger partial charge on any atom is -0.454 e. The third-order valence-corrected chi connectivity index (χ3v) is 5.99. The zero-order valence-electron chi connectivity index (χ0n) is 15.4. The summed E-state index contributed by atoms with van der Waals surface area (Å²) in [5.41, 5.74) is 3.76. The average Bonchev–Trinajstić information content (AvgIpc) is 3.35. The molecule has 0 N–H and O–H groups in total. The van der Waals surface area contributed by atoms with Gasteiger partial charge < -0.3 is 14.4 Å². The van der Waals surface area contributed by atoms with Crippen LogP contribution in [0.15, 0.2) is 42.5 Å². The maximum atomic E-state index is 12.9. The van der Waals surface area contributed by atoms with Crippen LogP contribution in [0, 0.1) is 0 Å². The molecule has 0 saturated carbocycles. The largest absolute Gasteiger partial charge is 0.454 e. The number of carbonyl (C=O) groups is 1. The molecule has 1 aliphatic carbocycles. The minimum atomic E-state index is 0.0908. The molecule has 1 unspecified atom stereocenters. The number of ketones is 1. The van der Waals surface area contributed by atoms with E-state index >= 15 is 0 Å². The number of ether oxygens (including phenoxy) is 2. The first-order valence-electron chi connectivity index (χ1n) is 9.75. The van der Waals surface area contributed by atoms with E-state index in [1.165, 1.54) is 11.1 Å². The lowest BCUT2D eigenvalue weighted by Gasteiger charge is -2.36. The Labute approximate surface area is 159 Å². The fourth-order valence-corrected chi connectivity index (χ4v) is 4.47. The van der Waals surface area contributed by atoms with Crippen LogP contribution in [0.1, 0.15) is 23.5 Å². The number of benzene rings is 2. The van der Waals surface area contributed by atoms with E-state index in [2.05, 4.69) is 46.2 Å². The van der Waals surface area contributed by atoms with Gasteiger partial charge in [0.05, 0.1) is 6.54 Å². The number of hydrogen-bond acceptors (Lipinski definition) is 5. The fourth-order valence-electron chi connectivity index (χ4n) is 4.47. The molecule has 1 saturated heterocycles. The highest BCUT2D eigenvalue weighted by atomic mass is 16.7. The summed E-state index contributed by atoms with van der Waals surface area (Å²) in [5, 5.41) is 0. The molecule has 0 spiro atoms. The van der Waals surface area contributed by atoms with Crippen molar-refractivity contribution in [3.63, 3.8) is 0 Å². The van der Waals surface area contributed by atoms with Crippen LogP contribution < -0.4 is 14.4 Å². The first-order valence-corrected chi connectivity index (χ1v) is 9.75. The Bertz CT molecular complexity index is 858. The van der Waals surface area contributed by atoms with Crippen molar-refractivity contribution in [3.8, 4) is 11.5 Å². The second-order valence-corrected chi connectivity index (χ2v) is 7.56. The van der Waals surface area contributed by atoms with E-state index in [1.54, 1.807) is 0 Å². The van der Waals surface area contributed by atoms with Crippen molar-refractivity contribution in [2.45, 2.75) is 18.8 Å². The first kappa shape index (κ1) is 16.6. The van der Waals surface area contributed by atoms with Crippen molar-refractivity contribution in [2.24, 2.45) is 0 Å². The van der Waals surface area contributed by atoms with Gasteiger partial charge in [0.25, 0.3) is 0 Å². The standard InChI is InChI=1S/C22H24N2O3/c25-20(19-7-5-16-3-1-2-4-18(16)19)14-23-9-11-24(12-10-23)17-6-8-21-22(13-17)27-15-26-21/h1-4,6,8,13,19H,5,7,9-12,14-15H2. The summed E-state index contributed by atoms with van der Waals surface area (Å²) in [6, 6.07) is 14.5. The summed E-state index contributed by atoms with van der Waals surface area (Å²) >= 11 is 0. The van der Waals surface area contributed by atoms with E-state index in [4.69, 9.17) is 9.47 Å². The molecule has 27 heavy (non-hydrogen) atoms. The molecule has 0 bridgehead atoms. The van der Waals surface area contributed by atoms with Gasteiger partial charge in [0.1, 0.15) is 0 Å². The highest BCUT2D eigenvalue weighted by molar-refractivity contribution is 5.88. The summed E-state index contributed by atoms with van der Waals surface area (Å²) in [6.45, 7) is 4.54. The van der Waals surface area contributed by atoms with Gasteiger partial charge in [-0.2, -0.15) is 0 Å². The Morgan fingerprint density at radius 1 is 1.00 bits per heavy atom. The third kappa shape index (κ3) is 3.16. The highest BCUT2D eigenvalue weighted by Gasteiger charge is 2.30. The minimum absolute atomic E-state index is 0.0908. The summed E-state index contributed by atoms with van der Waals surface area (Å²) in [5.74, 6) is 2.11. The van der Waals surface area contributed by atoms with Crippen LogP contribution in [0.4, 0.5) is 5.69 Å². The summed E-state index contributed by atoms with van der Waals surface area (Å²) < 4.78 is 10.9. The van der Waals surface area contributed by atoms with E-state index in [0.717, 1.165) is 56.2 Å². The smallest absolute Gasteiger partial charge is 0.231 e. The van der Waals surface area contributed by atoms with Crippen LogP contribution >= 0.6 is 0 Å². The van der Waals surface area contributed by atoms with E-state index < -0.39 is 0 Å². The molecule has 5 heteroatoms. The van der Waals surface area contributed by atoms with Gasteiger partial charge in [-0.15, -0.1) is 0 Å². The Hall–Kier alpha value is -2.53. The lowest BCUT2D eigenvalue weighted by atomic mass is 9.96. The van der Waals surface area contributed by atoms with Crippen LogP contribution in [0.5, 0.6) is 11.5 Å². The number of carbonyl (C=O) groups excluding carboxylic acids is 1. The number of nitrogens with zero attached hydrogens (tertiary/aromatic N) is 2. The van der Waals surface area contributed by atoms with Crippen molar-refractivity contribution in [3.05, 3.63) is 53.6 Å². The number of aryl methyl sites for hydroxylation is 1. The number of piperazine rings is 1. The number of Topliss-reactive ketones (excluding diaryl/α,β-unsaturated/α-hetero) is 1. The predicted molar refractivity (Wildman–Crippen MR) is 104 cm³/mol. The van der Waals surface area contributed by atoms with Gasteiger partial charge in [-0.3, -0.25) is 9.69 Å². The van der Waals surface area contributed by atoms with Gasteiger partial charge in [0.15, 0.2) is 17.3 Å². The molecule has 1 fully saturated rings. The molecule has 2 aromatic rings. The Balaban J connectivity index is 1.18. The maximum absolute atomic E-state index is 12.9. The Morgan fingerprint density at radius 2 is 1.81 bits per heavy atom. The zero-order valence-corrected chi connectivity index (χ0v) is 15.4. The van der Waals surface area contributed by atoms with Crippen molar-refractivity contribution >= 4 is 11.5 Å². The molecular weight excluding hydrogens is 340 g/mol. The Kier molecular flexibility index (Phi) is 4.24. The quantitative estimate of drug-likeness (QED) is 0.835. The normalized spacial score (nSPS) is 21.3. The number of rotatable bonds is 4. The van der Waals surface area contributed by atoms with Crippen molar-refractivity contribution < 1.29 is 14.3 Å². The first-order chi connectivity index (χ1) is 13.3. The second kappa shape index (κ2) is 6.89. The molecule has 2 aromatic carbocycles. The third-order valence-electron chi connectivity index (χ3n) is 5.99. The molecule has 0 radical (unpaired) electrons. The topological polar surface area (TPSA) is 42.0 Å². The van der Waals surface area contributed by atoms with Gasteiger partial charge in [0, 0.05) is 43.9 Å². The number of hydrogen-bond donors (Lipinski definition) is 0. The molecule has 2 heterocycles. The number of anilines is 1. The van der Waals surface area contributed by atoms with Crippen LogP contribution in [0.3, 0.4) is 0 Å². The van der Waals surface area contributed by atoms with Gasteiger partial charge >= 0.3 is 0 Å². The van der Waals surface area contributed by atoms with Crippen LogP contribution in [0.25, 0.3) is 0 Å². The second-order valence-electron chi connectivity index (χ2n) is 7.56. The Morgan fingerprint density at radius 3 is 2.70 bits per heavy atom. The van der Waals surface area contributed by atoms with E-state index in [0.29, 0.717) is 19.1 Å². The number of fused-ring (bicyclic) bond motifs is 2. The zero-order chi connectivity index (χ0) is 18.2. The summed E-state index contributed by atoms with van der Waals surface area (Å²) in [6.07, 6.45) is 2.00. The van der Waals surface area contributed by atoms with Gasteiger partial charge in [-0.1, -0.05) is 24.3 Å². The van der Waals surface area contributed by atoms with Crippen molar-refractivity contribution in [2.75, 3.05) is 44.4 Å². The lowest BCUT2D eigenvalue weighted by Crippen LogP contribution is -2.48. The molecule has 3 aliphatic rings. The van der Waals surface area contributed by atoms with E-state index in [1.807, 2.05) is 6.07 Å². The molecule has 140 valence electrons. The molecule has 0 amide bonds.